The fraction of sp³-hybridized carbons (Fsp3) is 0.294. The van der Waals surface area contributed by atoms with Crippen molar-refractivity contribution in [3.05, 3.63) is 64.7 Å². The maximum Gasteiger partial charge on any atom is 0.0432 e. The highest BCUT2D eigenvalue weighted by atomic mass is 35.5. The van der Waals surface area contributed by atoms with E-state index in [1.54, 1.807) is 0 Å². The molecule has 0 radical (unpaired) electrons. The molecule has 0 amide bonds. The molecule has 0 heterocycles. The summed E-state index contributed by atoms with van der Waals surface area (Å²) >= 11 is 6.07. The van der Waals surface area contributed by atoms with Crippen LogP contribution in [-0.2, 0) is 13.1 Å². The fourth-order valence-corrected chi connectivity index (χ4v) is 2.52. The zero-order valence-electron chi connectivity index (χ0n) is 12.0. The van der Waals surface area contributed by atoms with Crippen LogP contribution in [0.25, 0.3) is 0 Å². The molecule has 20 heavy (non-hydrogen) atoms. The third kappa shape index (κ3) is 3.53. The highest BCUT2D eigenvalue weighted by molar-refractivity contribution is 6.30. The molecule has 0 aliphatic rings. The topological polar surface area (TPSA) is 29.3 Å². The van der Waals surface area contributed by atoms with Gasteiger partial charge in [0.05, 0.1) is 0 Å². The van der Waals surface area contributed by atoms with Crippen molar-refractivity contribution in [2.75, 3.05) is 4.90 Å². The van der Waals surface area contributed by atoms with Crippen LogP contribution in [0.5, 0.6) is 0 Å². The van der Waals surface area contributed by atoms with E-state index in [0.717, 1.165) is 22.8 Å². The van der Waals surface area contributed by atoms with Crippen LogP contribution in [-0.4, -0.2) is 6.04 Å². The van der Waals surface area contributed by atoms with Gasteiger partial charge in [-0.2, -0.15) is 0 Å². The zero-order valence-corrected chi connectivity index (χ0v) is 12.8. The molecule has 3 heteroatoms. The lowest BCUT2D eigenvalue weighted by atomic mass is 10.1. The number of nitrogens with zero attached hydrogens (tertiary/aromatic N) is 1. The summed E-state index contributed by atoms with van der Waals surface area (Å²) in [7, 11) is 0. The van der Waals surface area contributed by atoms with Crippen molar-refractivity contribution in [1.82, 2.24) is 0 Å². The Balaban J connectivity index is 2.34. The molecule has 2 aromatic rings. The van der Waals surface area contributed by atoms with Crippen LogP contribution in [0.1, 0.15) is 25.0 Å². The minimum atomic E-state index is 0.390. The van der Waals surface area contributed by atoms with Crippen LogP contribution in [0, 0.1) is 0 Å². The lowest BCUT2D eigenvalue weighted by Crippen LogP contribution is -2.31. The summed E-state index contributed by atoms with van der Waals surface area (Å²) in [6.45, 7) is 5.75. The van der Waals surface area contributed by atoms with Crippen LogP contribution in [0.3, 0.4) is 0 Å². The van der Waals surface area contributed by atoms with E-state index in [0.29, 0.717) is 12.6 Å². The van der Waals surface area contributed by atoms with Gasteiger partial charge in [0, 0.05) is 29.8 Å². The number of anilines is 1. The minimum absolute atomic E-state index is 0.390. The van der Waals surface area contributed by atoms with Gasteiger partial charge in [0.25, 0.3) is 0 Å². The molecule has 0 spiro atoms. The van der Waals surface area contributed by atoms with Gasteiger partial charge in [0.1, 0.15) is 0 Å². The lowest BCUT2D eigenvalue weighted by molar-refractivity contribution is 0.678. The molecule has 0 saturated carbocycles. The molecule has 2 nitrogen and oxygen atoms in total. The van der Waals surface area contributed by atoms with Gasteiger partial charge in [-0.25, -0.2) is 0 Å². The highest BCUT2D eigenvalue weighted by Gasteiger charge is 2.14. The number of rotatable bonds is 5. The number of benzene rings is 2. The summed E-state index contributed by atoms with van der Waals surface area (Å²) in [6, 6.07) is 16.8. The molecule has 0 unspecified atom stereocenters. The average Bonchev–Trinajstić information content (AvgIpc) is 2.46. The molecule has 2 aromatic carbocycles. The van der Waals surface area contributed by atoms with E-state index in [9.17, 15) is 0 Å². The van der Waals surface area contributed by atoms with Gasteiger partial charge in [0.15, 0.2) is 0 Å². The van der Waals surface area contributed by atoms with Crippen molar-refractivity contribution < 1.29 is 0 Å². The Morgan fingerprint density at radius 2 is 1.80 bits per heavy atom. The van der Waals surface area contributed by atoms with Crippen molar-refractivity contribution >= 4 is 17.3 Å². The maximum atomic E-state index is 6.07. The maximum absolute atomic E-state index is 6.07. The van der Waals surface area contributed by atoms with E-state index in [-0.39, 0.29) is 0 Å². The number of halogens is 1. The van der Waals surface area contributed by atoms with Crippen molar-refractivity contribution in [3.63, 3.8) is 0 Å². The van der Waals surface area contributed by atoms with E-state index in [1.807, 2.05) is 18.2 Å². The van der Waals surface area contributed by atoms with Crippen LogP contribution in [0.2, 0.25) is 5.02 Å². The molecule has 2 N–H and O–H groups in total. The van der Waals surface area contributed by atoms with Crippen molar-refractivity contribution in [2.45, 2.75) is 33.0 Å². The van der Waals surface area contributed by atoms with Gasteiger partial charge in [-0.1, -0.05) is 41.9 Å². The monoisotopic (exact) mass is 288 g/mol. The number of nitrogens with two attached hydrogens (primary N) is 1. The van der Waals surface area contributed by atoms with Gasteiger partial charge in [-0.15, -0.1) is 0 Å². The largest absolute Gasteiger partial charge is 0.365 e. The Morgan fingerprint density at radius 3 is 2.40 bits per heavy atom. The molecule has 106 valence electrons. The summed E-state index contributed by atoms with van der Waals surface area (Å²) in [5.41, 5.74) is 9.40. The predicted molar refractivity (Wildman–Crippen MR) is 87.1 cm³/mol. The first-order chi connectivity index (χ1) is 9.61. The Labute approximate surface area is 126 Å². The van der Waals surface area contributed by atoms with Gasteiger partial charge in [0.2, 0.25) is 0 Å². The van der Waals surface area contributed by atoms with Crippen molar-refractivity contribution in [1.29, 1.82) is 0 Å². The van der Waals surface area contributed by atoms with Gasteiger partial charge >= 0.3 is 0 Å². The van der Waals surface area contributed by atoms with Gasteiger partial charge in [-0.05, 0) is 43.2 Å². The van der Waals surface area contributed by atoms with Crippen molar-refractivity contribution in [2.24, 2.45) is 5.73 Å². The Hall–Kier alpha value is -1.51. The summed E-state index contributed by atoms with van der Waals surface area (Å²) in [6.07, 6.45) is 0. The Morgan fingerprint density at radius 1 is 1.10 bits per heavy atom. The molecule has 0 saturated heterocycles. The standard InChI is InChI=1S/C17H21ClN2/c1-13(2)20(12-14-6-4-3-5-7-14)17-9-8-16(18)10-15(17)11-19/h3-10,13H,11-12,19H2,1-2H3. The molecule has 0 bridgehead atoms. The number of hydrogen-bond acceptors (Lipinski definition) is 2. The summed E-state index contributed by atoms with van der Waals surface area (Å²) < 4.78 is 0. The van der Waals surface area contributed by atoms with E-state index in [4.69, 9.17) is 17.3 Å². The molecule has 0 fully saturated rings. The SMILES string of the molecule is CC(C)N(Cc1ccccc1)c1ccc(Cl)cc1CN. The average molecular weight is 289 g/mol. The van der Waals surface area contributed by atoms with Crippen molar-refractivity contribution in [3.8, 4) is 0 Å². The summed E-state index contributed by atoms with van der Waals surface area (Å²) in [5, 5.41) is 0.734. The second kappa shape index (κ2) is 6.78. The van der Waals surface area contributed by atoms with E-state index < -0.39 is 0 Å². The smallest absolute Gasteiger partial charge is 0.0432 e. The van der Waals surface area contributed by atoms with Crippen LogP contribution < -0.4 is 10.6 Å². The second-order valence-corrected chi connectivity index (χ2v) is 5.62. The van der Waals surface area contributed by atoms with E-state index in [2.05, 4.69) is 49.1 Å². The molecule has 0 aliphatic heterocycles. The Kier molecular flexibility index (Phi) is 5.05. The van der Waals surface area contributed by atoms with Crippen LogP contribution in [0.4, 0.5) is 5.69 Å². The minimum Gasteiger partial charge on any atom is -0.365 e. The molecule has 0 aromatic heterocycles. The first-order valence-corrected chi connectivity index (χ1v) is 7.28. The van der Waals surface area contributed by atoms with Crippen LogP contribution >= 0.6 is 11.6 Å². The first-order valence-electron chi connectivity index (χ1n) is 6.91. The Bertz CT molecular complexity index is 552. The van der Waals surface area contributed by atoms with E-state index >= 15 is 0 Å². The van der Waals surface area contributed by atoms with Gasteiger partial charge in [-0.3, -0.25) is 0 Å². The normalized spacial score (nSPS) is 10.8. The molecule has 0 aliphatic carbocycles. The predicted octanol–water partition coefficient (Wildman–Crippen LogP) is 4.21. The summed E-state index contributed by atoms with van der Waals surface area (Å²) in [5.74, 6) is 0. The second-order valence-electron chi connectivity index (χ2n) is 5.18. The number of hydrogen-bond donors (Lipinski definition) is 1. The highest BCUT2D eigenvalue weighted by Crippen LogP contribution is 2.27. The van der Waals surface area contributed by atoms with Crippen LogP contribution in [0.15, 0.2) is 48.5 Å². The molecular weight excluding hydrogens is 268 g/mol. The third-order valence-electron chi connectivity index (χ3n) is 3.39. The first kappa shape index (κ1) is 14.9. The summed E-state index contributed by atoms with van der Waals surface area (Å²) in [4.78, 5) is 2.36. The zero-order chi connectivity index (χ0) is 14.5. The van der Waals surface area contributed by atoms with E-state index in [1.165, 1.54) is 5.56 Å². The van der Waals surface area contributed by atoms with Gasteiger partial charge < -0.3 is 10.6 Å². The lowest BCUT2D eigenvalue weighted by Gasteiger charge is -2.31. The molecular formula is C17H21ClN2. The quantitative estimate of drug-likeness (QED) is 0.893. The third-order valence-corrected chi connectivity index (χ3v) is 3.63. The fourth-order valence-electron chi connectivity index (χ4n) is 2.32. The molecule has 2 rings (SSSR count). The molecule has 0 atom stereocenters.